The Bertz CT molecular complexity index is 264. The Labute approximate surface area is 124 Å². The van der Waals surface area contributed by atoms with Gasteiger partial charge in [0.2, 0.25) is 0 Å². The van der Waals surface area contributed by atoms with Crippen molar-refractivity contribution in [2.75, 3.05) is 20.3 Å². The number of methoxy groups -OCH3 is 1. The second-order valence-electron chi connectivity index (χ2n) is 6.22. The van der Waals surface area contributed by atoms with Crippen LogP contribution in [0.25, 0.3) is 0 Å². The number of hydrogen-bond donors (Lipinski definition) is 0. The molecule has 0 fully saturated rings. The van der Waals surface area contributed by atoms with Gasteiger partial charge >= 0.3 is 5.97 Å². The van der Waals surface area contributed by atoms with Crippen molar-refractivity contribution in [2.24, 2.45) is 5.41 Å². The van der Waals surface area contributed by atoms with E-state index in [1.54, 1.807) is 7.11 Å². The number of ether oxygens (including phenoxy) is 2. The number of unbranched alkanes of at least 4 members (excludes halogenated alkanes) is 6. The van der Waals surface area contributed by atoms with E-state index in [4.69, 9.17) is 9.47 Å². The Hall–Kier alpha value is -0.830. The Morgan fingerprint density at radius 1 is 0.950 bits per heavy atom. The molecule has 0 aromatic rings. The molecule has 0 radical (unpaired) electrons. The molecule has 0 aliphatic heterocycles. The molecule has 0 spiro atoms. The van der Waals surface area contributed by atoms with E-state index in [2.05, 4.69) is 6.08 Å². The average molecular weight is 284 g/mol. The lowest BCUT2D eigenvalue weighted by Gasteiger charge is -2.15. The van der Waals surface area contributed by atoms with Crippen LogP contribution in [0.1, 0.15) is 65.7 Å². The first-order valence-corrected chi connectivity index (χ1v) is 7.79. The predicted octanol–water partition coefficient (Wildman–Crippen LogP) is 4.51. The van der Waals surface area contributed by atoms with E-state index in [1.807, 2.05) is 26.8 Å². The minimum Gasteiger partial charge on any atom is -0.461 e. The van der Waals surface area contributed by atoms with Gasteiger partial charge in [-0.3, -0.25) is 4.79 Å². The third kappa shape index (κ3) is 12.2. The molecule has 0 saturated heterocycles. The van der Waals surface area contributed by atoms with Gasteiger partial charge in [0, 0.05) is 13.7 Å². The van der Waals surface area contributed by atoms with Crippen LogP contribution in [0.15, 0.2) is 12.2 Å². The van der Waals surface area contributed by atoms with Crippen molar-refractivity contribution >= 4 is 5.97 Å². The molecule has 20 heavy (non-hydrogen) atoms. The van der Waals surface area contributed by atoms with Crippen molar-refractivity contribution < 1.29 is 14.3 Å². The highest BCUT2D eigenvalue weighted by Crippen LogP contribution is 2.14. The van der Waals surface area contributed by atoms with Crippen molar-refractivity contribution in [3.05, 3.63) is 12.2 Å². The molecule has 0 N–H and O–H groups in total. The van der Waals surface area contributed by atoms with Gasteiger partial charge in [0.05, 0.1) is 5.41 Å². The maximum absolute atomic E-state index is 11.5. The summed E-state index contributed by atoms with van der Waals surface area (Å²) in [5.41, 5.74) is -0.406. The van der Waals surface area contributed by atoms with Crippen LogP contribution < -0.4 is 0 Å². The lowest BCUT2D eigenvalue weighted by atomic mass is 9.97. The van der Waals surface area contributed by atoms with Crippen LogP contribution >= 0.6 is 0 Å². The molecule has 3 heteroatoms. The zero-order chi connectivity index (χ0) is 15.3. The number of hydrogen-bond acceptors (Lipinski definition) is 3. The van der Waals surface area contributed by atoms with E-state index >= 15 is 0 Å². The fourth-order valence-corrected chi connectivity index (χ4v) is 1.74. The van der Waals surface area contributed by atoms with Gasteiger partial charge in [-0.1, -0.05) is 37.8 Å². The first kappa shape index (κ1) is 19.2. The molecule has 3 nitrogen and oxygen atoms in total. The maximum atomic E-state index is 11.5. The third-order valence-electron chi connectivity index (χ3n) is 3.06. The van der Waals surface area contributed by atoms with Crippen molar-refractivity contribution in [1.29, 1.82) is 0 Å². The van der Waals surface area contributed by atoms with Crippen LogP contribution in [0.5, 0.6) is 0 Å². The van der Waals surface area contributed by atoms with Crippen molar-refractivity contribution in [2.45, 2.75) is 65.7 Å². The summed E-state index contributed by atoms with van der Waals surface area (Å²) in [7, 11) is 1.76. The molecule has 0 aromatic heterocycles. The lowest BCUT2D eigenvalue weighted by Crippen LogP contribution is -2.22. The largest absolute Gasteiger partial charge is 0.461 e. The summed E-state index contributed by atoms with van der Waals surface area (Å²) >= 11 is 0. The highest BCUT2D eigenvalue weighted by atomic mass is 16.5. The maximum Gasteiger partial charge on any atom is 0.311 e. The number of esters is 1. The molecule has 0 rings (SSSR count). The molecule has 0 unspecified atom stereocenters. The smallest absolute Gasteiger partial charge is 0.311 e. The van der Waals surface area contributed by atoms with Gasteiger partial charge in [-0.25, -0.2) is 0 Å². The van der Waals surface area contributed by atoms with Gasteiger partial charge in [-0.15, -0.1) is 0 Å². The van der Waals surface area contributed by atoms with Crippen molar-refractivity contribution in [3.8, 4) is 0 Å². The molecule has 0 bridgehead atoms. The summed E-state index contributed by atoms with van der Waals surface area (Å²) in [5, 5.41) is 0. The molecular formula is C17H32O3. The zero-order valence-electron chi connectivity index (χ0n) is 13.7. The normalized spacial score (nSPS) is 12.0. The summed E-state index contributed by atoms with van der Waals surface area (Å²) < 4.78 is 10.2. The zero-order valence-corrected chi connectivity index (χ0v) is 13.7. The van der Waals surface area contributed by atoms with Crippen LogP contribution in [0.4, 0.5) is 0 Å². The minimum absolute atomic E-state index is 0.141. The van der Waals surface area contributed by atoms with E-state index in [0.717, 1.165) is 13.0 Å². The van der Waals surface area contributed by atoms with Crippen LogP contribution in [-0.2, 0) is 14.3 Å². The predicted molar refractivity (Wildman–Crippen MR) is 83.7 cm³/mol. The topological polar surface area (TPSA) is 35.5 Å². The average Bonchev–Trinajstić information content (AvgIpc) is 2.38. The van der Waals surface area contributed by atoms with Gasteiger partial charge in [0.1, 0.15) is 6.61 Å². The molecule has 0 heterocycles. The molecule has 0 amide bonds. The highest BCUT2D eigenvalue weighted by molar-refractivity contribution is 5.75. The van der Waals surface area contributed by atoms with E-state index in [9.17, 15) is 4.79 Å². The van der Waals surface area contributed by atoms with Crippen molar-refractivity contribution in [3.63, 3.8) is 0 Å². The Balaban J connectivity index is 3.30. The number of rotatable bonds is 11. The van der Waals surface area contributed by atoms with Gasteiger partial charge in [0.25, 0.3) is 0 Å². The van der Waals surface area contributed by atoms with Gasteiger partial charge < -0.3 is 9.47 Å². The Morgan fingerprint density at radius 3 is 2.15 bits per heavy atom. The molecule has 0 saturated carbocycles. The SMILES string of the molecule is COCCCCCCCC/C=C/COC(=O)C(C)(C)C. The first-order chi connectivity index (χ1) is 9.48. The first-order valence-electron chi connectivity index (χ1n) is 7.79. The monoisotopic (exact) mass is 284 g/mol. The summed E-state index contributed by atoms with van der Waals surface area (Å²) in [6.07, 6.45) is 12.7. The summed E-state index contributed by atoms with van der Waals surface area (Å²) in [6.45, 7) is 6.88. The Morgan fingerprint density at radius 2 is 1.55 bits per heavy atom. The quantitative estimate of drug-likeness (QED) is 0.318. The minimum atomic E-state index is -0.406. The van der Waals surface area contributed by atoms with Gasteiger partial charge in [-0.2, -0.15) is 0 Å². The molecule has 0 aliphatic rings. The summed E-state index contributed by atoms with van der Waals surface area (Å²) in [4.78, 5) is 11.5. The van der Waals surface area contributed by atoms with Crippen LogP contribution in [-0.4, -0.2) is 26.3 Å². The van der Waals surface area contributed by atoms with Crippen LogP contribution in [0.3, 0.4) is 0 Å². The summed E-state index contributed by atoms with van der Waals surface area (Å²) in [5.74, 6) is -0.141. The summed E-state index contributed by atoms with van der Waals surface area (Å²) in [6, 6.07) is 0. The van der Waals surface area contributed by atoms with Crippen LogP contribution in [0, 0.1) is 5.41 Å². The van der Waals surface area contributed by atoms with E-state index in [1.165, 1.54) is 38.5 Å². The molecular weight excluding hydrogens is 252 g/mol. The van der Waals surface area contributed by atoms with E-state index in [0.29, 0.717) is 6.61 Å². The highest BCUT2D eigenvalue weighted by Gasteiger charge is 2.22. The fourth-order valence-electron chi connectivity index (χ4n) is 1.74. The van der Waals surface area contributed by atoms with Gasteiger partial charge in [-0.05, 0) is 40.0 Å². The molecule has 118 valence electrons. The van der Waals surface area contributed by atoms with E-state index < -0.39 is 5.41 Å². The van der Waals surface area contributed by atoms with Crippen LogP contribution in [0.2, 0.25) is 0 Å². The fraction of sp³-hybridized carbons (Fsp3) is 0.824. The number of carbonyl (C=O) groups excluding carboxylic acids is 1. The number of carbonyl (C=O) groups is 1. The molecule has 0 atom stereocenters. The third-order valence-corrected chi connectivity index (χ3v) is 3.06. The second-order valence-corrected chi connectivity index (χ2v) is 6.22. The van der Waals surface area contributed by atoms with E-state index in [-0.39, 0.29) is 5.97 Å². The molecule has 0 aliphatic carbocycles. The van der Waals surface area contributed by atoms with Crippen molar-refractivity contribution in [1.82, 2.24) is 0 Å². The lowest BCUT2D eigenvalue weighted by molar-refractivity contribution is -0.151. The number of allylic oxidation sites excluding steroid dienone is 1. The molecule has 0 aromatic carbocycles. The standard InChI is InChI=1S/C17H32O3/c1-17(2,3)16(18)20-15-13-11-9-7-5-6-8-10-12-14-19-4/h11,13H,5-10,12,14-15H2,1-4H3/b13-11+. The second kappa shape index (κ2) is 12.0. The van der Waals surface area contributed by atoms with Gasteiger partial charge in [0.15, 0.2) is 0 Å². The Kier molecular flexibility index (Phi) is 11.5.